The highest BCUT2D eigenvalue weighted by molar-refractivity contribution is 9.09. The van der Waals surface area contributed by atoms with Crippen LogP contribution in [0, 0.1) is 6.92 Å². The molecule has 1 fully saturated rings. The Hall–Kier alpha value is -0.250. The lowest BCUT2D eigenvalue weighted by Crippen LogP contribution is -2.24. The van der Waals surface area contributed by atoms with Crippen LogP contribution in [0.4, 0.5) is 5.69 Å². The van der Waals surface area contributed by atoms with E-state index in [2.05, 4.69) is 15.9 Å². The van der Waals surface area contributed by atoms with Crippen LogP contribution >= 0.6 is 39.1 Å². The van der Waals surface area contributed by atoms with Crippen LogP contribution in [-0.2, 0) is 4.79 Å². The second-order valence-corrected chi connectivity index (χ2v) is 5.97. The molecule has 1 heterocycles. The summed E-state index contributed by atoms with van der Waals surface area (Å²) in [7, 11) is 0. The standard InChI is InChI=1S/C11H10BrCl2NO/c1-6-2-10(9(14)4-8(6)13)15-5-7(12)3-11(15)16/h2,4,7H,3,5H2,1H3. The predicted molar refractivity (Wildman–Crippen MR) is 70.9 cm³/mol. The molecule has 1 aromatic carbocycles. The predicted octanol–water partition coefficient (Wildman–Crippen LogP) is 3.80. The average Bonchev–Trinajstić information content (AvgIpc) is 2.51. The molecule has 1 aliphatic rings. The number of hydrogen-bond donors (Lipinski definition) is 0. The summed E-state index contributed by atoms with van der Waals surface area (Å²) in [4.78, 5) is 13.6. The van der Waals surface area contributed by atoms with E-state index in [1.807, 2.05) is 13.0 Å². The van der Waals surface area contributed by atoms with E-state index in [9.17, 15) is 4.79 Å². The van der Waals surface area contributed by atoms with Crippen LogP contribution in [0.2, 0.25) is 10.0 Å². The lowest BCUT2D eigenvalue weighted by molar-refractivity contribution is -0.117. The molecule has 1 unspecified atom stereocenters. The summed E-state index contributed by atoms with van der Waals surface area (Å²) < 4.78 is 0. The molecule has 1 amide bonds. The summed E-state index contributed by atoms with van der Waals surface area (Å²) in [5.74, 6) is 0.0884. The van der Waals surface area contributed by atoms with Gasteiger partial charge in [0.05, 0.1) is 10.7 Å². The zero-order valence-corrected chi connectivity index (χ0v) is 11.7. The van der Waals surface area contributed by atoms with Crippen molar-refractivity contribution >= 4 is 50.7 Å². The molecule has 0 aromatic heterocycles. The van der Waals surface area contributed by atoms with Crippen LogP contribution in [0.3, 0.4) is 0 Å². The zero-order valence-electron chi connectivity index (χ0n) is 8.64. The van der Waals surface area contributed by atoms with Crippen molar-refractivity contribution in [3.8, 4) is 0 Å². The average molecular weight is 323 g/mol. The van der Waals surface area contributed by atoms with E-state index in [0.717, 1.165) is 11.3 Å². The maximum Gasteiger partial charge on any atom is 0.228 e. The first-order chi connectivity index (χ1) is 7.49. The monoisotopic (exact) mass is 321 g/mol. The number of hydrogen-bond acceptors (Lipinski definition) is 1. The Morgan fingerprint density at radius 2 is 2.06 bits per heavy atom. The molecule has 0 saturated carbocycles. The van der Waals surface area contributed by atoms with Crippen molar-refractivity contribution in [1.82, 2.24) is 0 Å². The van der Waals surface area contributed by atoms with Gasteiger partial charge in [-0.05, 0) is 24.6 Å². The van der Waals surface area contributed by atoms with E-state index < -0.39 is 0 Å². The molecule has 5 heteroatoms. The second kappa shape index (κ2) is 4.55. The molecule has 2 nitrogen and oxygen atoms in total. The Bertz CT molecular complexity index is 450. The lowest BCUT2D eigenvalue weighted by atomic mass is 10.2. The minimum atomic E-state index is 0.0884. The third-order valence-corrected chi connectivity index (χ3v) is 3.92. The molecule has 1 saturated heterocycles. The molecule has 0 bridgehead atoms. The van der Waals surface area contributed by atoms with E-state index in [1.165, 1.54) is 0 Å². The maximum atomic E-state index is 11.7. The first kappa shape index (κ1) is 12.2. The number of alkyl halides is 1. The van der Waals surface area contributed by atoms with Gasteiger partial charge < -0.3 is 4.90 Å². The molecule has 0 aliphatic carbocycles. The molecule has 1 aromatic rings. The van der Waals surface area contributed by atoms with Gasteiger partial charge in [-0.2, -0.15) is 0 Å². The summed E-state index contributed by atoms with van der Waals surface area (Å²) in [6.07, 6.45) is 0.512. The third-order valence-electron chi connectivity index (χ3n) is 2.60. The maximum absolute atomic E-state index is 11.7. The van der Waals surface area contributed by atoms with Crippen LogP contribution < -0.4 is 4.90 Å². The highest BCUT2D eigenvalue weighted by atomic mass is 79.9. The van der Waals surface area contributed by atoms with Crippen molar-refractivity contribution in [3.05, 3.63) is 27.7 Å². The fraction of sp³-hybridized carbons (Fsp3) is 0.364. The highest BCUT2D eigenvalue weighted by Gasteiger charge is 2.30. The van der Waals surface area contributed by atoms with Crippen molar-refractivity contribution in [1.29, 1.82) is 0 Å². The van der Waals surface area contributed by atoms with Crippen LogP contribution in [-0.4, -0.2) is 17.3 Å². The van der Waals surface area contributed by atoms with Gasteiger partial charge in [-0.15, -0.1) is 0 Å². The van der Waals surface area contributed by atoms with Gasteiger partial charge in [0.2, 0.25) is 5.91 Å². The second-order valence-electron chi connectivity index (χ2n) is 3.86. The van der Waals surface area contributed by atoms with Gasteiger partial charge in [-0.3, -0.25) is 4.79 Å². The van der Waals surface area contributed by atoms with Crippen LogP contribution in [0.5, 0.6) is 0 Å². The number of nitrogens with zero attached hydrogens (tertiary/aromatic N) is 1. The van der Waals surface area contributed by atoms with Crippen LogP contribution in [0.25, 0.3) is 0 Å². The summed E-state index contributed by atoms with van der Waals surface area (Å²) in [6, 6.07) is 3.54. The first-order valence-corrected chi connectivity index (χ1v) is 6.56. The van der Waals surface area contributed by atoms with E-state index >= 15 is 0 Å². The van der Waals surface area contributed by atoms with Crippen LogP contribution in [0.1, 0.15) is 12.0 Å². The highest BCUT2D eigenvalue weighted by Crippen LogP contribution is 2.34. The summed E-state index contributed by atoms with van der Waals surface area (Å²) in [5.41, 5.74) is 1.67. The number of carbonyl (C=O) groups is 1. The summed E-state index contributed by atoms with van der Waals surface area (Å²) in [6.45, 7) is 2.55. The van der Waals surface area contributed by atoms with Crippen molar-refractivity contribution in [2.75, 3.05) is 11.4 Å². The fourth-order valence-corrected chi connectivity index (χ4v) is 2.80. The molecule has 2 rings (SSSR count). The first-order valence-electron chi connectivity index (χ1n) is 4.89. The zero-order chi connectivity index (χ0) is 11.9. The summed E-state index contributed by atoms with van der Waals surface area (Å²) in [5, 5.41) is 1.14. The van der Waals surface area contributed by atoms with Gasteiger partial charge in [0.15, 0.2) is 0 Å². The number of aryl methyl sites for hydroxylation is 1. The number of carbonyl (C=O) groups excluding carboxylic acids is 1. The van der Waals surface area contributed by atoms with Crippen molar-refractivity contribution < 1.29 is 4.79 Å². The van der Waals surface area contributed by atoms with Crippen molar-refractivity contribution in [2.24, 2.45) is 0 Å². The Kier molecular flexibility index (Phi) is 3.48. The van der Waals surface area contributed by atoms with E-state index in [1.54, 1.807) is 11.0 Å². The molecular weight excluding hydrogens is 313 g/mol. The molecule has 1 aliphatic heterocycles. The van der Waals surface area contributed by atoms with Gasteiger partial charge in [0.1, 0.15) is 0 Å². The minimum absolute atomic E-state index is 0.0884. The Balaban J connectivity index is 2.41. The molecule has 1 atom stereocenters. The fourth-order valence-electron chi connectivity index (χ4n) is 1.75. The van der Waals surface area contributed by atoms with Gasteiger partial charge in [0.25, 0.3) is 0 Å². The van der Waals surface area contributed by atoms with Gasteiger partial charge >= 0.3 is 0 Å². The molecule has 0 N–H and O–H groups in total. The Morgan fingerprint density at radius 3 is 2.62 bits per heavy atom. The quantitative estimate of drug-likeness (QED) is 0.720. The normalized spacial score (nSPS) is 20.6. The number of anilines is 1. The SMILES string of the molecule is Cc1cc(N2CC(Br)CC2=O)c(Cl)cc1Cl. The Labute approximate surface area is 113 Å². The molecule has 86 valence electrons. The Morgan fingerprint density at radius 1 is 1.38 bits per heavy atom. The third kappa shape index (κ3) is 2.22. The topological polar surface area (TPSA) is 20.3 Å². The number of benzene rings is 1. The van der Waals surface area contributed by atoms with E-state index in [0.29, 0.717) is 23.0 Å². The van der Waals surface area contributed by atoms with Crippen molar-refractivity contribution in [3.63, 3.8) is 0 Å². The minimum Gasteiger partial charge on any atom is -0.310 e. The van der Waals surface area contributed by atoms with Gasteiger partial charge in [-0.25, -0.2) is 0 Å². The number of amides is 1. The molecular formula is C11H10BrCl2NO. The van der Waals surface area contributed by atoms with E-state index in [4.69, 9.17) is 23.2 Å². The summed E-state index contributed by atoms with van der Waals surface area (Å²) >= 11 is 15.5. The van der Waals surface area contributed by atoms with Crippen molar-refractivity contribution in [2.45, 2.75) is 18.2 Å². The smallest absolute Gasteiger partial charge is 0.228 e. The molecule has 16 heavy (non-hydrogen) atoms. The number of halogens is 3. The van der Waals surface area contributed by atoms with Crippen LogP contribution in [0.15, 0.2) is 12.1 Å². The molecule has 0 spiro atoms. The largest absolute Gasteiger partial charge is 0.310 e. The van der Waals surface area contributed by atoms with E-state index in [-0.39, 0.29) is 10.7 Å². The molecule has 0 radical (unpaired) electrons. The van der Waals surface area contributed by atoms with Gasteiger partial charge in [0, 0.05) is 22.8 Å². The number of rotatable bonds is 1. The lowest BCUT2D eigenvalue weighted by Gasteiger charge is -2.18. The van der Waals surface area contributed by atoms with Gasteiger partial charge in [-0.1, -0.05) is 39.1 Å².